The van der Waals surface area contributed by atoms with E-state index in [1.165, 1.54) is 7.11 Å². The molecule has 0 bridgehead atoms. The normalized spacial score (nSPS) is 17.3. The van der Waals surface area contributed by atoms with E-state index in [4.69, 9.17) is 9.47 Å². The van der Waals surface area contributed by atoms with Crippen molar-refractivity contribution in [1.82, 2.24) is 4.90 Å². The van der Waals surface area contributed by atoms with E-state index in [0.717, 1.165) is 38.0 Å². The number of piperidine rings is 1. The fraction of sp³-hybridized carbons (Fsp3) is 0.364. The number of ketones is 1. The molecule has 0 unspecified atom stereocenters. The van der Waals surface area contributed by atoms with Crippen LogP contribution in [0.5, 0.6) is 5.75 Å². The van der Waals surface area contributed by atoms with Crippen LogP contribution in [-0.4, -0.2) is 44.0 Å². The van der Waals surface area contributed by atoms with Crippen LogP contribution >= 0.6 is 0 Å². The third kappa shape index (κ3) is 4.74. The molecule has 2 aromatic carbocycles. The van der Waals surface area contributed by atoms with E-state index in [9.17, 15) is 9.59 Å². The first-order chi connectivity index (χ1) is 13.1. The Kier molecular flexibility index (Phi) is 6.24. The molecule has 0 radical (unpaired) electrons. The second kappa shape index (κ2) is 8.82. The van der Waals surface area contributed by atoms with E-state index in [0.29, 0.717) is 16.9 Å². The predicted molar refractivity (Wildman–Crippen MR) is 103 cm³/mol. The molecule has 1 atom stereocenters. The summed E-state index contributed by atoms with van der Waals surface area (Å²) in [6.45, 7) is 2.48. The minimum absolute atomic E-state index is 0.000184. The van der Waals surface area contributed by atoms with Crippen LogP contribution in [-0.2, 0) is 11.3 Å². The number of rotatable bonds is 6. The Bertz CT molecular complexity index is 800. The van der Waals surface area contributed by atoms with Gasteiger partial charge in [-0.05, 0) is 49.2 Å². The first-order valence-corrected chi connectivity index (χ1v) is 9.18. The number of carbonyl (C=O) groups is 2. The van der Waals surface area contributed by atoms with Crippen molar-refractivity contribution in [1.29, 1.82) is 0 Å². The molecule has 27 heavy (non-hydrogen) atoms. The Labute approximate surface area is 159 Å². The van der Waals surface area contributed by atoms with Crippen molar-refractivity contribution in [3.63, 3.8) is 0 Å². The molecule has 0 aliphatic carbocycles. The summed E-state index contributed by atoms with van der Waals surface area (Å²) in [5.41, 5.74) is 2.38. The van der Waals surface area contributed by atoms with Crippen LogP contribution in [0, 0.1) is 5.92 Å². The molecule has 5 nitrogen and oxygen atoms in total. The van der Waals surface area contributed by atoms with Crippen molar-refractivity contribution in [2.24, 2.45) is 5.92 Å². The molecule has 1 heterocycles. The highest BCUT2D eigenvalue weighted by Gasteiger charge is 2.26. The van der Waals surface area contributed by atoms with Crippen molar-refractivity contribution in [3.05, 3.63) is 65.2 Å². The third-order valence-corrected chi connectivity index (χ3v) is 5.01. The maximum Gasteiger partial charge on any atom is 0.337 e. The quantitative estimate of drug-likeness (QED) is 0.577. The standard InChI is InChI=1S/C22H25NO4/c1-26-20-7-3-5-18(13-20)21(24)19-6-4-12-23(15-19)14-16-8-10-17(11-9-16)22(25)27-2/h3,5,7-11,13,19H,4,6,12,14-15H2,1-2H3/t19-/m1/s1. The zero-order valence-corrected chi connectivity index (χ0v) is 15.8. The largest absolute Gasteiger partial charge is 0.497 e. The molecular weight excluding hydrogens is 342 g/mol. The maximum atomic E-state index is 12.9. The molecular formula is C22H25NO4. The number of methoxy groups -OCH3 is 2. The molecule has 0 saturated carbocycles. The SMILES string of the molecule is COC(=O)c1ccc(CN2CCC[C@@H](C(=O)c3cccc(OC)c3)C2)cc1. The Morgan fingerprint density at radius 3 is 2.56 bits per heavy atom. The summed E-state index contributed by atoms with van der Waals surface area (Å²) in [6, 6.07) is 14.8. The molecule has 0 N–H and O–H groups in total. The molecule has 2 aromatic rings. The Morgan fingerprint density at radius 1 is 1.07 bits per heavy atom. The highest BCUT2D eigenvalue weighted by Crippen LogP contribution is 2.24. The molecule has 1 saturated heterocycles. The van der Waals surface area contributed by atoms with Crippen molar-refractivity contribution < 1.29 is 19.1 Å². The van der Waals surface area contributed by atoms with Crippen molar-refractivity contribution in [2.45, 2.75) is 19.4 Å². The van der Waals surface area contributed by atoms with Crippen molar-refractivity contribution in [3.8, 4) is 5.75 Å². The number of carbonyl (C=O) groups excluding carboxylic acids is 2. The fourth-order valence-electron chi connectivity index (χ4n) is 3.55. The summed E-state index contributed by atoms with van der Waals surface area (Å²) in [4.78, 5) is 26.7. The van der Waals surface area contributed by atoms with Gasteiger partial charge in [-0.1, -0.05) is 24.3 Å². The number of Topliss-reactive ketones (excluding diaryl/α,β-unsaturated/α-hetero) is 1. The highest BCUT2D eigenvalue weighted by molar-refractivity contribution is 5.98. The van der Waals surface area contributed by atoms with E-state index < -0.39 is 0 Å². The number of hydrogen-bond acceptors (Lipinski definition) is 5. The first-order valence-electron chi connectivity index (χ1n) is 9.18. The van der Waals surface area contributed by atoms with E-state index in [-0.39, 0.29) is 17.7 Å². The van der Waals surface area contributed by atoms with Gasteiger partial charge in [-0.2, -0.15) is 0 Å². The van der Waals surface area contributed by atoms with Gasteiger partial charge in [0, 0.05) is 24.6 Å². The smallest absolute Gasteiger partial charge is 0.337 e. The molecule has 142 valence electrons. The Morgan fingerprint density at radius 2 is 1.85 bits per heavy atom. The lowest BCUT2D eigenvalue weighted by Crippen LogP contribution is -2.38. The van der Waals surface area contributed by atoms with Crippen LogP contribution in [0.15, 0.2) is 48.5 Å². The average molecular weight is 367 g/mol. The highest BCUT2D eigenvalue weighted by atomic mass is 16.5. The number of nitrogens with zero attached hydrogens (tertiary/aromatic N) is 1. The minimum Gasteiger partial charge on any atom is -0.497 e. The number of benzene rings is 2. The van der Waals surface area contributed by atoms with Crippen LogP contribution in [0.2, 0.25) is 0 Å². The molecule has 1 aliphatic rings. The average Bonchev–Trinajstić information content (AvgIpc) is 2.73. The zero-order chi connectivity index (χ0) is 19.2. The monoisotopic (exact) mass is 367 g/mol. The van der Waals surface area contributed by atoms with Gasteiger partial charge in [-0.25, -0.2) is 4.79 Å². The molecule has 5 heteroatoms. The van der Waals surface area contributed by atoms with Crippen molar-refractivity contribution >= 4 is 11.8 Å². The molecule has 1 fully saturated rings. The first kappa shape index (κ1) is 19.1. The second-order valence-electron chi connectivity index (χ2n) is 6.86. The lowest BCUT2D eigenvalue weighted by atomic mass is 9.89. The van der Waals surface area contributed by atoms with E-state index in [2.05, 4.69) is 4.90 Å². The van der Waals surface area contributed by atoms with Gasteiger partial charge in [0.25, 0.3) is 0 Å². The van der Waals surface area contributed by atoms with Gasteiger partial charge >= 0.3 is 5.97 Å². The minimum atomic E-state index is -0.330. The van der Waals surface area contributed by atoms with Crippen LogP contribution in [0.4, 0.5) is 0 Å². The molecule has 0 amide bonds. The second-order valence-corrected chi connectivity index (χ2v) is 6.86. The third-order valence-electron chi connectivity index (χ3n) is 5.01. The van der Waals surface area contributed by atoms with Crippen molar-refractivity contribution in [2.75, 3.05) is 27.3 Å². The number of likely N-dealkylation sites (tertiary alicyclic amines) is 1. The molecule has 3 rings (SSSR count). The van der Waals surface area contributed by atoms with Crippen LogP contribution in [0.3, 0.4) is 0 Å². The molecule has 0 aromatic heterocycles. The van der Waals surface area contributed by atoms with E-state index >= 15 is 0 Å². The molecule has 0 spiro atoms. The van der Waals surface area contributed by atoms with Gasteiger partial charge in [-0.3, -0.25) is 9.69 Å². The number of hydrogen-bond donors (Lipinski definition) is 0. The topological polar surface area (TPSA) is 55.8 Å². The zero-order valence-electron chi connectivity index (χ0n) is 15.8. The van der Waals surface area contributed by atoms with Crippen LogP contribution in [0.1, 0.15) is 39.1 Å². The Balaban J connectivity index is 1.63. The summed E-state index contributed by atoms with van der Waals surface area (Å²) >= 11 is 0. The summed E-state index contributed by atoms with van der Waals surface area (Å²) in [6.07, 6.45) is 1.91. The summed E-state index contributed by atoms with van der Waals surface area (Å²) in [7, 11) is 2.99. The number of esters is 1. The van der Waals surface area contributed by atoms with Gasteiger partial charge in [0.2, 0.25) is 0 Å². The Hall–Kier alpha value is -2.66. The van der Waals surface area contributed by atoms with Gasteiger partial charge in [0.15, 0.2) is 5.78 Å². The van der Waals surface area contributed by atoms with Gasteiger partial charge in [0.1, 0.15) is 5.75 Å². The summed E-state index contributed by atoms with van der Waals surface area (Å²) in [5, 5.41) is 0. The van der Waals surface area contributed by atoms with Gasteiger partial charge in [-0.15, -0.1) is 0 Å². The number of ether oxygens (including phenoxy) is 2. The molecule has 1 aliphatic heterocycles. The van der Waals surface area contributed by atoms with Gasteiger partial charge in [0.05, 0.1) is 19.8 Å². The lowest BCUT2D eigenvalue weighted by Gasteiger charge is -2.32. The maximum absolute atomic E-state index is 12.9. The van der Waals surface area contributed by atoms with E-state index in [1.807, 2.05) is 36.4 Å². The predicted octanol–water partition coefficient (Wildman–Crippen LogP) is 3.58. The van der Waals surface area contributed by atoms with Crippen LogP contribution in [0.25, 0.3) is 0 Å². The lowest BCUT2D eigenvalue weighted by molar-refractivity contribution is 0.0600. The summed E-state index contributed by atoms with van der Waals surface area (Å²) in [5.74, 6) is 0.558. The summed E-state index contributed by atoms with van der Waals surface area (Å²) < 4.78 is 9.96. The fourth-order valence-corrected chi connectivity index (χ4v) is 3.55. The van der Waals surface area contributed by atoms with Crippen LogP contribution < -0.4 is 4.74 Å². The van der Waals surface area contributed by atoms with Gasteiger partial charge < -0.3 is 9.47 Å². The van der Waals surface area contributed by atoms with E-state index in [1.54, 1.807) is 19.2 Å².